The molecule has 10 rings (SSSR count). The van der Waals surface area contributed by atoms with Gasteiger partial charge in [0.15, 0.2) is 0 Å². The quantitative estimate of drug-likeness (QED) is 0.0250. The van der Waals surface area contributed by atoms with Crippen molar-refractivity contribution in [1.82, 2.24) is 66.1 Å². The Balaban J connectivity index is 0.904. The number of primary amides is 1. The minimum Gasteiger partial charge on any atom is -0.478 e. The maximum atomic E-state index is 15.1. The number of pyridine rings is 3. The fourth-order valence-corrected chi connectivity index (χ4v) is 13.0. The van der Waals surface area contributed by atoms with Crippen LogP contribution in [0.5, 0.6) is 0 Å². The van der Waals surface area contributed by atoms with Gasteiger partial charge in [0.2, 0.25) is 11.8 Å². The smallest absolute Gasteiger partial charge is 0.337 e. The number of carboxylic acid groups (broad SMARTS) is 1. The second-order valence-corrected chi connectivity index (χ2v) is 26.0. The van der Waals surface area contributed by atoms with E-state index in [2.05, 4.69) is 87.4 Å². The summed E-state index contributed by atoms with van der Waals surface area (Å²) in [5.41, 5.74) is 6.16. The van der Waals surface area contributed by atoms with Crippen molar-refractivity contribution in [1.29, 1.82) is 0 Å². The van der Waals surface area contributed by atoms with Crippen LogP contribution in [0.3, 0.4) is 0 Å². The number of aromatic carboxylic acids is 1. The van der Waals surface area contributed by atoms with Crippen molar-refractivity contribution < 1.29 is 28.3 Å². The van der Waals surface area contributed by atoms with E-state index < -0.39 is 57.6 Å². The molecule has 89 heavy (non-hydrogen) atoms. The second-order valence-electron chi connectivity index (χ2n) is 23.0. The first kappa shape index (κ1) is 63.2. The van der Waals surface area contributed by atoms with Gasteiger partial charge in [-0.15, -0.1) is 53.3 Å². The summed E-state index contributed by atoms with van der Waals surface area (Å²) in [7, 11) is 1.55. The fraction of sp³-hybridized carbons (Fsp3) is 0.311. The van der Waals surface area contributed by atoms with Crippen LogP contribution in [0.1, 0.15) is 96.3 Å². The Morgan fingerprint density at radius 3 is 1.80 bits per heavy atom. The summed E-state index contributed by atoms with van der Waals surface area (Å²) in [6.07, 6.45) is 6.74. The van der Waals surface area contributed by atoms with Crippen molar-refractivity contribution >= 4 is 86.8 Å². The van der Waals surface area contributed by atoms with Gasteiger partial charge >= 0.3 is 5.97 Å². The number of carboxylic acids is 1. The van der Waals surface area contributed by atoms with Gasteiger partial charge < -0.3 is 37.4 Å². The average molecular weight is 1280 g/mol. The molecule has 1 aliphatic rings. The zero-order valence-electron chi connectivity index (χ0n) is 49.1. The van der Waals surface area contributed by atoms with Gasteiger partial charge in [-0.3, -0.25) is 29.9 Å². The topological polar surface area (TPSA) is 311 Å². The number of rotatable bonds is 26. The van der Waals surface area contributed by atoms with Gasteiger partial charge in [-0.25, -0.2) is 23.5 Å². The van der Waals surface area contributed by atoms with Crippen molar-refractivity contribution in [2.75, 3.05) is 47.9 Å². The number of amides is 2. The third kappa shape index (κ3) is 14.4. The first-order valence-electron chi connectivity index (χ1n) is 28.1. The molecule has 9 aromatic rings. The summed E-state index contributed by atoms with van der Waals surface area (Å²) < 4.78 is 29.3. The Morgan fingerprint density at radius 2 is 1.27 bits per heavy atom. The van der Waals surface area contributed by atoms with E-state index in [0.29, 0.717) is 82.9 Å². The second kappa shape index (κ2) is 26.5. The van der Waals surface area contributed by atoms with Crippen LogP contribution in [0.15, 0.2) is 116 Å². The van der Waals surface area contributed by atoms with Gasteiger partial charge in [0.05, 0.1) is 61.0 Å². The first-order valence-corrected chi connectivity index (χ1v) is 30.5. The number of thiazole rings is 2. The molecule has 1 aliphatic carbocycles. The molecule has 460 valence electrons. The zero-order chi connectivity index (χ0) is 63.3. The molecule has 1 saturated carbocycles. The lowest BCUT2D eigenvalue weighted by atomic mass is 9.65. The van der Waals surface area contributed by atoms with E-state index in [9.17, 15) is 23.5 Å². The van der Waals surface area contributed by atoms with Gasteiger partial charge in [-0.1, -0.05) is 50.9 Å². The number of halogens is 4. The third-order valence-electron chi connectivity index (χ3n) is 15.3. The molecule has 1 aromatic carbocycles. The molecule has 0 radical (unpaired) electrons. The summed E-state index contributed by atoms with van der Waals surface area (Å²) in [4.78, 5) is 65.3. The van der Waals surface area contributed by atoms with Crippen molar-refractivity contribution in [2.24, 2.45) is 5.73 Å². The van der Waals surface area contributed by atoms with Crippen LogP contribution in [0.25, 0.3) is 32.7 Å². The molecule has 8 heterocycles. The molecule has 2 unspecified atom stereocenters. The Labute approximate surface area is 528 Å². The molecule has 0 bridgehead atoms. The van der Waals surface area contributed by atoms with E-state index in [1.165, 1.54) is 41.9 Å². The molecular weight excluding hydrogens is 1220 g/mol. The summed E-state index contributed by atoms with van der Waals surface area (Å²) >= 11 is 15.3. The summed E-state index contributed by atoms with van der Waals surface area (Å²) in [5, 5.41) is 58.2. The highest BCUT2D eigenvalue weighted by Gasteiger charge is 2.49. The number of hydrogen-bond donors (Lipinski definition) is 8. The molecule has 0 saturated heterocycles. The van der Waals surface area contributed by atoms with Crippen molar-refractivity contribution in [2.45, 2.75) is 94.4 Å². The van der Waals surface area contributed by atoms with Gasteiger partial charge in [0.25, 0.3) is 0 Å². The minimum absolute atomic E-state index is 0.0165. The third-order valence-corrected chi connectivity index (χ3v) is 18.0. The van der Waals surface area contributed by atoms with E-state index in [-0.39, 0.29) is 55.0 Å². The largest absolute Gasteiger partial charge is 0.478 e. The number of hydrogen-bond acceptors (Lipinski definition) is 21. The van der Waals surface area contributed by atoms with Gasteiger partial charge in [-0.2, -0.15) is 0 Å². The van der Waals surface area contributed by atoms with Crippen LogP contribution in [0.4, 0.5) is 31.9 Å². The molecular formula is C61H62Cl2F2N18O4S2. The van der Waals surface area contributed by atoms with E-state index in [1.54, 1.807) is 99.3 Å². The Hall–Kier alpha value is -8.82. The molecule has 2 amide bonds. The van der Waals surface area contributed by atoms with Crippen molar-refractivity contribution in [3.8, 4) is 32.7 Å². The van der Waals surface area contributed by atoms with Crippen LogP contribution < -0.4 is 37.6 Å². The highest BCUT2D eigenvalue weighted by atomic mass is 35.5. The monoisotopic (exact) mass is 1280 g/mol. The first-order chi connectivity index (χ1) is 42.5. The van der Waals surface area contributed by atoms with Gasteiger partial charge in [0, 0.05) is 90.8 Å². The maximum Gasteiger partial charge on any atom is 0.337 e. The van der Waals surface area contributed by atoms with Crippen LogP contribution in [0.2, 0.25) is 10.0 Å². The van der Waals surface area contributed by atoms with Crippen LogP contribution in [-0.2, 0) is 38.8 Å². The van der Waals surface area contributed by atoms with E-state index in [1.807, 2.05) is 27.7 Å². The number of nitrogens with zero attached hydrogens (tertiary/aromatic N) is 11. The predicted molar refractivity (Wildman–Crippen MR) is 339 cm³/mol. The van der Waals surface area contributed by atoms with Crippen molar-refractivity contribution in [3.05, 3.63) is 170 Å². The van der Waals surface area contributed by atoms with E-state index in [4.69, 9.17) is 28.9 Å². The maximum absolute atomic E-state index is 15.1. The average Bonchev–Trinajstić information content (AvgIpc) is 1.59. The number of carbonyl (C=O) groups excluding carboxylic acids is 2. The number of benzene rings is 1. The molecule has 1 fully saturated rings. The molecule has 28 heteroatoms. The number of nitrogens with two attached hydrogens (primary N) is 1. The molecule has 9 N–H and O–H groups in total. The molecule has 0 aliphatic heterocycles. The highest BCUT2D eigenvalue weighted by Crippen LogP contribution is 2.46. The van der Waals surface area contributed by atoms with Crippen LogP contribution in [-0.4, -0.2) is 117 Å². The lowest BCUT2D eigenvalue weighted by molar-refractivity contribution is -0.128. The fourth-order valence-electron chi connectivity index (χ4n) is 10.5. The summed E-state index contributed by atoms with van der Waals surface area (Å²) in [5.74, 6) is -1.93. The van der Waals surface area contributed by atoms with Crippen molar-refractivity contribution in [3.63, 3.8) is 0 Å². The Kier molecular flexibility index (Phi) is 18.8. The number of alkyl halides is 1. The zero-order valence-corrected chi connectivity index (χ0v) is 52.2. The Morgan fingerprint density at radius 1 is 0.719 bits per heavy atom. The van der Waals surface area contributed by atoms with Crippen LogP contribution >= 0.6 is 45.9 Å². The van der Waals surface area contributed by atoms with E-state index >= 15 is 4.79 Å². The Bertz CT molecular complexity index is 4030. The number of aromatic nitrogens is 11. The predicted octanol–water partition coefficient (Wildman–Crippen LogP) is 10.0. The van der Waals surface area contributed by atoms with E-state index in [0.717, 1.165) is 22.7 Å². The number of nitrogens with one attached hydrogen (secondary N) is 6. The summed E-state index contributed by atoms with van der Waals surface area (Å²) in [6.45, 7) is 10.7. The molecule has 2 atom stereocenters. The van der Waals surface area contributed by atoms with Gasteiger partial charge in [-0.05, 0) is 110 Å². The van der Waals surface area contributed by atoms with Gasteiger partial charge in [0.1, 0.15) is 56.9 Å². The number of anilines is 4. The lowest BCUT2D eigenvalue weighted by Gasteiger charge is -2.44. The number of carbonyl (C=O) groups is 3. The molecule has 22 nitrogen and oxygen atoms in total. The highest BCUT2D eigenvalue weighted by molar-refractivity contribution is 7.15. The SMILES string of the molecule is CNc1c(CC(C)(NC(C(N)=O)c2cnc(-c3ccc(NCC(C)(C)c4ncccc4Cl)nn3)s2)C(=O)NCc2cnc(-c3ccc(NCC(C)(C)c4ncccc4Cl)nn3)s2)cc(-c2ccc(NCC3(c4ncccc4F)CC(F)C3)nn2)cc1C(=O)O. The minimum atomic E-state index is -1.74. The molecule has 8 aromatic heterocycles. The van der Waals surface area contributed by atoms with Crippen LogP contribution in [0, 0.1) is 5.82 Å². The standard InChI is InChI=1S/C61H62Cl2F2N18O4S2/c1-58(2,50-38(62)10-7-19-68-50)30-74-45-17-14-42(79-82-45)54-71-27-36(88-54)28-73-57(87)60(5,77-49(53(66)84)44-29-72-55(89-44)43-15-18-46(83-80-43)75-31-59(3,4)51-39(63)11-8-20-69-51)24-34-22-33(23-37(56(85)86)48(34)67-6)41-13-16-47(81-78-41)76-32-61(25-35(64)26-61)52-40(65)12-9-21-70-52/h7-23,27,29,35,49,67,77H,24-26,28,30-32H2,1-6H3,(H2,66,84)(H,73,87)(H,74,82)(H,75,83)(H,76,81)(H,85,86). The lowest BCUT2D eigenvalue weighted by Crippen LogP contribution is -2.58. The molecule has 0 spiro atoms. The summed E-state index contributed by atoms with van der Waals surface area (Å²) in [6, 6.07) is 22.0. The normalized spacial score (nSPS) is 15.9.